The summed E-state index contributed by atoms with van der Waals surface area (Å²) in [6.07, 6.45) is 11.7. The van der Waals surface area contributed by atoms with Crippen molar-refractivity contribution in [2.45, 2.75) is 19.3 Å². The van der Waals surface area contributed by atoms with Gasteiger partial charge in [-0.2, -0.15) is 0 Å². The highest BCUT2D eigenvalue weighted by atomic mass is 35.5. The highest BCUT2D eigenvalue weighted by Crippen LogP contribution is 2.31. The van der Waals surface area contributed by atoms with Gasteiger partial charge in [-0.3, -0.25) is 4.98 Å². The molecule has 1 aliphatic rings. The lowest BCUT2D eigenvalue weighted by molar-refractivity contribution is 0.403. The second-order valence-electron chi connectivity index (χ2n) is 5.80. The Morgan fingerprint density at radius 1 is 1.04 bits per heavy atom. The standard InChI is InChI=1S/C20H21ClN2S/c21-19-7-5-18(6-8-19)20-16-23(14-3-15-24-20)13-2-1-4-17-9-11-22-12-10-17/h3,5-12,15-16H,1-2,4,13-14H2. The maximum absolute atomic E-state index is 5.99. The first-order chi connectivity index (χ1) is 11.8. The smallest absolute Gasteiger partial charge is 0.0406 e. The SMILES string of the molecule is Clc1ccc(C2=CN(CCCCc3ccncc3)CC=CS2)cc1. The number of hydrogen-bond acceptors (Lipinski definition) is 3. The zero-order chi connectivity index (χ0) is 16.6. The number of aromatic nitrogens is 1. The van der Waals surface area contributed by atoms with Gasteiger partial charge < -0.3 is 4.90 Å². The first-order valence-electron chi connectivity index (χ1n) is 8.24. The molecule has 24 heavy (non-hydrogen) atoms. The second-order valence-corrected chi connectivity index (χ2v) is 7.18. The van der Waals surface area contributed by atoms with Crippen LogP contribution in [0.15, 0.2) is 66.5 Å². The lowest BCUT2D eigenvalue weighted by atomic mass is 10.1. The lowest BCUT2D eigenvalue weighted by Crippen LogP contribution is -2.18. The average Bonchev–Trinajstić information content (AvgIpc) is 2.86. The quantitative estimate of drug-likeness (QED) is 0.625. The third-order valence-corrected chi connectivity index (χ3v) is 5.15. The molecule has 1 aromatic heterocycles. The summed E-state index contributed by atoms with van der Waals surface area (Å²) in [4.78, 5) is 7.73. The van der Waals surface area contributed by atoms with Crippen molar-refractivity contribution in [1.82, 2.24) is 9.88 Å². The molecule has 0 N–H and O–H groups in total. The zero-order valence-electron chi connectivity index (χ0n) is 13.6. The molecule has 2 nitrogen and oxygen atoms in total. The summed E-state index contributed by atoms with van der Waals surface area (Å²) in [5.74, 6) is 0. The zero-order valence-corrected chi connectivity index (χ0v) is 15.1. The number of pyridine rings is 1. The Balaban J connectivity index is 1.55. The summed E-state index contributed by atoms with van der Waals surface area (Å²) < 4.78 is 0. The summed E-state index contributed by atoms with van der Waals surface area (Å²) in [6.45, 7) is 2.05. The molecule has 4 heteroatoms. The van der Waals surface area contributed by atoms with Crippen LogP contribution in [0.2, 0.25) is 5.02 Å². The Bertz CT molecular complexity index is 695. The Hall–Kier alpha value is -1.71. The van der Waals surface area contributed by atoms with Crippen molar-refractivity contribution in [3.63, 3.8) is 0 Å². The van der Waals surface area contributed by atoms with Gasteiger partial charge in [0, 0.05) is 41.6 Å². The molecule has 2 aromatic rings. The van der Waals surface area contributed by atoms with E-state index in [1.165, 1.54) is 28.9 Å². The topological polar surface area (TPSA) is 16.1 Å². The Morgan fingerprint density at radius 2 is 1.83 bits per heavy atom. The van der Waals surface area contributed by atoms with Gasteiger partial charge in [0.05, 0.1) is 0 Å². The molecule has 0 saturated heterocycles. The van der Waals surface area contributed by atoms with Gasteiger partial charge in [0.25, 0.3) is 0 Å². The van der Waals surface area contributed by atoms with Crippen LogP contribution in [0.1, 0.15) is 24.0 Å². The summed E-state index contributed by atoms with van der Waals surface area (Å²) in [7, 11) is 0. The summed E-state index contributed by atoms with van der Waals surface area (Å²) in [5.41, 5.74) is 2.59. The molecule has 1 aromatic carbocycles. The summed E-state index contributed by atoms with van der Waals surface area (Å²) in [5, 5.41) is 2.96. The average molecular weight is 357 g/mol. The van der Waals surface area contributed by atoms with Gasteiger partial charge in [-0.25, -0.2) is 0 Å². The minimum atomic E-state index is 0.779. The predicted octanol–water partition coefficient (Wildman–Crippen LogP) is 5.62. The molecule has 0 fully saturated rings. The number of halogens is 1. The fraction of sp³-hybridized carbons (Fsp3) is 0.250. The van der Waals surface area contributed by atoms with Crippen LogP contribution in [-0.4, -0.2) is 23.0 Å². The van der Waals surface area contributed by atoms with Crippen molar-refractivity contribution in [3.8, 4) is 0 Å². The molecule has 0 spiro atoms. The van der Waals surface area contributed by atoms with Gasteiger partial charge in [0.1, 0.15) is 0 Å². The maximum Gasteiger partial charge on any atom is 0.0406 e. The van der Waals surface area contributed by atoms with E-state index < -0.39 is 0 Å². The molecule has 124 valence electrons. The molecule has 2 heterocycles. The Labute approximate surface area is 153 Å². The summed E-state index contributed by atoms with van der Waals surface area (Å²) in [6, 6.07) is 12.3. The van der Waals surface area contributed by atoms with Crippen molar-refractivity contribution in [3.05, 3.63) is 82.6 Å². The second kappa shape index (κ2) is 8.95. The van der Waals surface area contributed by atoms with Crippen LogP contribution in [0, 0.1) is 0 Å². The van der Waals surface area contributed by atoms with Gasteiger partial charge in [-0.1, -0.05) is 41.6 Å². The highest BCUT2D eigenvalue weighted by Gasteiger charge is 2.08. The van der Waals surface area contributed by atoms with E-state index in [9.17, 15) is 0 Å². The van der Waals surface area contributed by atoms with Crippen LogP contribution >= 0.6 is 23.4 Å². The normalized spacial score (nSPS) is 14.4. The van der Waals surface area contributed by atoms with Crippen LogP contribution in [0.25, 0.3) is 4.91 Å². The van der Waals surface area contributed by atoms with E-state index in [1.807, 2.05) is 24.5 Å². The third-order valence-electron chi connectivity index (χ3n) is 3.97. The number of rotatable bonds is 6. The highest BCUT2D eigenvalue weighted by molar-refractivity contribution is 8.10. The van der Waals surface area contributed by atoms with Crippen LogP contribution in [0.4, 0.5) is 0 Å². The predicted molar refractivity (Wildman–Crippen MR) is 105 cm³/mol. The van der Waals surface area contributed by atoms with E-state index in [2.05, 4.69) is 51.8 Å². The molecule has 0 saturated carbocycles. The molecular weight excluding hydrogens is 336 g/mol. The summed E-state index contributed by atoms with van der Waals surface area (Å²) >= 11 is 7.76. The fourth-order valence-electron chi connectivity index (χ4n) is 2.65. The van der Waals surface area contributed by atoms with Crippen LogP contribution in [0.3, 0.4) is 0 Å². The minimum Gasteiger partial charge on any atom is -0.373 e. The lowest BCUT2D eigenvalue weighted by Gasteiger charge is -2.19. The van der Waals surface area contributed by atoms with Gasteiger partial charge >= 0.3 is 0 Å². The maximum atomic E-state index is 5.99. The Morgan fingerprint density at radius 3 is 2.62 bits per heavy atom. The van der Waals surface area contributed by atoms with Crippen molar-refractivity contribution in [2.75, 3.05) is 13.1 Å². The number of aryl methyl sites for hydroxylation is 1. The molecule has 0 atom stereocenters. The molecule has 1 aliphatic heterocycles. The molecule has 3 rings (SSSR count). The molecule has 0 amide bonds. The van der Waals surface area contributed by atoms with E-state index in [0.717, 1.165) is 24.5 Å². The van der Waals surface area contributed by atoms with E-state index in [4.69, 9.17) is 11.6 Å². The van der Waals surface area contributed by atoms with Crippen molar-refractivity contribution >= 4 is 28.3 Å². The van der Waals surface area contributed by atoms with Gasteiger partial charge in [-0.15, -0.1) is 0 Å². The van der Waals surface area contributed by atoms with Crippen molar-refractivity contribution < 1.29 is 0 Å². The number of thioether (sulfide) groups is 1. The van der Waals surface area contributed by atoms with Gasteiger partial charge in [0.2, 0.25) is 0 Å². The first kappa shape index (κ1) is 17.1. The van der Waals surface area contributed by atoms with E-state index >= 15 is 0 Å². The molecule has 0 bridgehead atoms. The molecular formula is C20H21ClN2S. The van der Waals surface area contributed by atoms with Crippen molar-refractivity contribution in [1.29, 1.82) is 0 Å². The monoisotopic (exact) mass is 356 g/mol. The third kappa shape index (κ3) is 5.15. The van der Waals surface area contributed by atoms with Crippen LogP contribution in [-0.2, 0) is 6.42 Å². The van der Waals surface area contributed by atoms with Crippen LogP contribution in [0.5, 0.6) is 0 Å². The molecule has 0 aliphatic carbocycles. The number of benzene rings is 1. The fourth-order valence-corrected chi connectivity index (χ4v) is 3.59. The van der Waals surface area contributed by atoms with E-state index in [-0.39, 0.29) is 0 Å². The van der Waals surface area contributed by atoms with Gasteiger partial charge in [0.15, 0.2) is 0 Å². The number of unbranched alkanes of at least 4 members (excludes halogenated alkanes) is 1. The van der Waals surface area contributed by atoms with E-state index in [1.54, 1.807) is 11.8 Å². The molecule has 0 unspecified atom stereocenters. The van der Waals surface area contributed by atoms with Crippen molar-refractivity contribution in [2.24, 2.45) is 0 Å². The Kier molecular flexibility index (Phi) is 6.39. The molecule has 0 radical (unpaired) electrons. The number of hydrogen-bond donors (Lipinski definition) is 0. The van der Waals surface area contributed by atoms with Gasteiger partial charge in [-0.05, 0) is 60.1 Å². The van der Waals surface area contributed by atoms with Crippen LogP contribution < -0.4 is 0 Å². The number of nitrogens with zero attached hydrogens (tertiary/aromatic N) is 2. The minimum absolute atomic E-state index is 0.779. The van der Waals surface area contributed by atoms with E-state index in [0.29, 0.717) is 0 Å². The first-order valence-corrected chi connectivity index (χ1v) is 9.49. The largest absolute Gasteiger partial charge is 0.373 e.